The van der Waals surface area contributed by atoms with E-state index in [4.69, 9.17) is 4.42 Å². The van der Waals surface area contributed by atoms with Crippen LogP contribution >= 0.6 is 0 Å². The molecule has 1 unspecified atom stereocenters. The highest BCUT2D eigenvalue weighted by Crippen LogP contribution is 2.31. The van der Waals surface area contributed by atoms with Crippen LogP contribution in [-0.4, -0.2) is 33.9 Å². The van der Waals surface area contributed by atoms with Crippen molar-refractivity contribution in [2.75, 3.05) is 0 Å². The minimum absolute atomic E-state index is 0.00464. The lowest BCUT2D eigenvalue weighted by Gasteiger charge is -2.33. The molecule has 0 aliphatic carbocycles. The van der Waals surface area contributed by atoms with E-state index in [1.54, 1.807) is 27.0 Å². The molecule has 0 saturated heterocycles. The van der Waals surface area contributed by atoms with Gasteiger partial charge < -0.3 is 14.8 Å². The molecule has 0 bridgehead atoms. The number of carbonyl (C=O) groups excluding carboxylic acids is 2. The van der Waals surface area contributed by atoms with Crippen molar-refractivity contribution in [2.45, 2.75) is 86.8 Å². The van der Waals surface area contributed by atoms with E-state index in [1.807, 2.05) is 19.9 Å². The van der Waals surface area contributed by atoms with Gasteiger partial charge in [-0.2, -0.15) is 0 Å². The average molecular weight is 471 g/mol. The van der Waals surface area contributed by atoms with Crippen LogP contribution in [0.1, 0.15) is 79.3 Å². The first kappa shape index (κ1) is 27.8. The molecule has 1 aliphatic heterocycles. The van der Waals surface area contributed by atoms with Gasteiger partial charge in [0.1, 0.15) is 17.7 Å². The molecule has 2 N–H and O–H groups in total. The van der Waals surface area contributed by atoms with Gasteiger partial charge in [-0.25, -0.2) is 4.98 Å². The molecule has 188 valence electrons. The Morgan fingerprint density at radius 1 is 1.24 bits per heavy atom. The third kappa shape index (κ3) is 7.52. The molecule has 0 saturated carbocycles. The second kappa shape index (κ2) is 11.8. The first-order chi connectivity index (χ1) is 15.8. The van der Waals surface area contributed by atoms with Crippen molar-refractivity contribution < 1.29 is 19.1 Å². The summed E-state index contributed by atoms with van der Waals surface area (Å²) >= 11 is 0. The van der Waals surface area contributed by atoms with Gasteiger partial charge in [0, 0.05) is 12.8 Å². The van der Waals surface area contributed by atoms with Gasteiger partial charge in [0.15, 0.2) is 5.89 Å². The summed E-state index contributed by atoms with van der Waals surface area (Å²) in [6.07, 6.45) is 10.3. The molecule has 0 radical (unpaired) electrons. The number of aliphatic hydroxyl groups is 1. The summed E-state index contributed by atoms with van der Waals surface area (Å²) in [7, 11) is 0. The van der Waals surface area contributed by atoms with Crippen LogP contribution in [0.5, 0.6) is 0 Å². The zero-order valence-electron chi connectivity index (χ0n) is 22.0. The molecule has 0 fully saturated rings. The van der Waals surface area contributed by atoms with Crippen LogP contribution in [0.2, 0.25) is 0 Å². The van der Waals surface area contributed by atoms with Gasteiger partial charge in [0.2, 0.25) is 5.91 Å². The maximum atomic E-state index is 13.2. The molecule has 6 heteroatoms. The van der Waals surface area contributed by atoms with Crippen molar-refractivity contribution in [1.29, 1.82) is 0 Å². The van der Waals surface area contributed by atoms with Crippen molar-refractivity contribution in [3.05, 3.63) is 47.2 Å². The first-order valence-electron chi connectivity index (χ1n) is 12.3. The second-order valence-electron chi connectivity index (χ2n) is 10.7. The number of rotatable bonds is 2. The molecule has 2 rings (SSSR count). The molecule has 2 heterocycles. The summed E-state index contributed by atoms with van der Waals surface area (Å²) in [5.41, 5.74) is 1.72. The van der Waals surface area contributed by atoms with Crippen LogP contribution < -0.4 is 5.32 Å². The standard InChI is InChI=1S/C28H42N2O4/c1-17-10-9-11-18(2)13-21(5)27(33)28(7,8)24(31)15-25(32)30-26(19(3)12-17)20(4)14-23-16-34-22(6)29-23/h9-10,12,14,16,18-19,21,24,26,31H,11,13,15H2,1-8H3,(H,30,32)/b10-9+,17-12-,20-14+/t18-,19-,21+,24-,26?/m0/s1. The van der Waals surface area contributed by atoms with Crippen LogP contribution in [0.4, 0.5) is 0 Å². The number of aromatic nitrogens is 1. The molecular formula is C28H42N2O4. The van der Waals surface area contributed by atoms with Crippen LogP contribution in [-0.2, 0) is 9.59 Å². The van der Waals surface area contributed by atoms with Gasteiger partial charge in [0.25, 0.3) is 0 Å². The van der Waals surface area contributed by atoms with Crippen molar-refractivity contribution in [2.24, 2.45) is 23.2 Å². The number of carbonyl (C=O) groups is 2. The van der Waals surface area contributed by atoms with E-state index in [0.717, 1.165) is 24.0 Å². The Labute approximate surface area is 204 Å². The smallest absolute Gasteiger partial charge is 0.223 e. The van der Waals surface area contributed by atoms with E-state index in [9.17, 15) is 14.7 Å². The lowest BCUT2D eigenvalue weighted by Crippen LogP contribution is -2.46. The number of Topliss-reactive ketones (excluding diaryl/α,β-unsaturated/α-hetero) is 1. The Morgan fingerprint density at radius 3 is 2.53 bits per heavy atom. The summed E-state index contributed by atoms with van der Waals surface area (Å²) in [5.74, 6) is 0.430. The summed E-state index contributed by atoms with van der Waals surface area (Å²) < 4.78 is 5.31. The number of aryl methyl sites for hydroxylation is 1. The van der Waals surface area contributed by atoms with Crippen molar-refractivity contribution in [3.8, 4) is 0 Å². The summed E-state index contributed by atoms with van der Waals surface area (Å²) in [5, 5.41) is 14.0. The summed E-state index contributed by atoms with van der Waals surface area (Å²) in [4.78, 5) is 30.5. The predicted molar refractivity (Wildman–Crippen MR) is 136 cm³/mol. The molecule has 0 aromatic carbocycles. The molecule has 1 aliphatic rings. The first-order valence-corrected chi connectivity index (χ1v) is 12.3. The Bertz CT molecular complexity index is 953. The van der Waals surface area contributed by atoms with Crippen LogP contribution in [0, 0.1) is 30.1 Å². The summed E-state index contributed by atoms with van der Waals surface area (Å²) in [6, 6.07) is -0.301. The summed E-state index contributed by atoms with van der Waals surface area (Å²) in [6.45, 7) is 15.4. The van der Waals surface area contributed by atoms with Gasteiger partial charge in [0.05, 0.1) is 24.0 Å². The number of hydrogen-bond acceptors (Lipinski definition) is 5. The van der Waals surface area contributed by atoms with Crippen LogP contribution in [0.15, 0.2) is 40.1 Å². The molecule has 34 heavy (non-hydrogen) atoms. The molecule has 6 nitrogen and oxygen atoms in total. The molecule has 1 aromatic rings. The van der Waals surface area contributed by atoms with E-state index in [0.29, 0.717) is 17.5 Å². The minimum atomic E-state index is -1.07. The van der Waals surface area contributed by atoms with Gasteiger partial charge in [-0.1, -0.05) is 58.4 Å². The number of oxazole rings is 1. The van der Waals surface area contributed by atoms with E-state index in [-0.39, 0.29) is 36.0 Å². The lowest BCUT2D eigenvalue weighted by molar-refractivity contribution is -0.139. The number of ketones is 1. The maximum absolute atomic E-state index is 13.2. The SMILES string of the molecule is CC1=C/[C@H](C)C(/C(C)=C/c2coc(C)n2)NC(=O)C[C@H](O)C(C)(C)C(=O)[C@H](C)C[C@@H](C)C\C=C\1. The normalized spacial score (nSPS) is 32.6. The number of hydrogen-bond donors (Lipinski definition) is 2. The number of allylic oxidation sites excluding steroid dienone is 3. The third-order valence-corrected chi connectivity index (χ3v) is 6.84. The Hall–Kier alpha value is -2.47. The largest absolute Gasteiger partial charge is 0.449 e. The molecule has 1 amide bonds. The molecule has 1 aromatic heterocycles. The van der Waals surface area contributed by atoms with Crippen LogP contribution in [0.3, 0.4) is 0 Å². The van der Waals surface area contributed by atoms with Gasteiger partial charge >= 0.3 is 0 Å². The monoisotopic (exact) mass is 470 g/mol. The van der Waals surface area contributed by atoms with Gasteiger partial charge in [-0.15, -0.1) is 0 Å². The van der Waals surface area contributed by atoms with Crippen molar-refractivity contribution in [3.63, 3.8) is 0 Å². The molecule has 5 atom stereocenters. The number of amides is 1. The fraction of sp³-hybridized carbons (Fsp3) is 0.607. The van der Waals surface area contributed by atoms with E-state index in [2.05, 4.69) is 49.3 Å². The quantitative estimate of drug-likeness (QED) is 0.602. The Morgan fingerprint density at radius 2 is 1.91 bits per heavy atom. The lowest BCUT2D eigenvalue weighted by atomic mass is 9.74. The molecule has 0 spiro atoms. The topological polar surface area (TPSA) is 92.4 Å². The fourth-order valence-corrected chi connectivity index (χ4v) is 4.75. The zero-order valence-corrected chi connectivity index (χ0v) is 22.0. The van der Waals surface area contributed by atoms with E-state index >= 15 is 0 Å². The molecular weight excluding hydrogens is 428 g/mol. The maximum Gasteiger partial charge on any atom is 0.223 e. The zero-order chi connectivity index (χ0) is 25.6. The average Bonchev–Trinajstić information content (AvgIpc) is 3.14. The van der Waals surface area contributed by atoms with Gasteiger partial charge in [-0.05, 0) is 50.2 Å². The van der Waals surface area contributed by atoms with Crippen molar-refractivity contribution in [1.82, 2.24) is 10.3 Å². The Balaban J connectivity index is 2.41. The highest BCUT2D eigenvalue weighted by molar-refractivity contribution is 5.88. The third-order valence-electron chi connectivity index (χ3n) is 6.84. The second-order valence-corrected chi connectivity index (χ2v) is 10.7. The van der Waals surface area contributed by atoms with E-state index in [1.165, 1.54) is 0 Å². The number of nitrogens with zero attached hydrogens (tertiary/aromatic N) is 1. The fourth-order valence-electron chi connectivity index (χ4n) is 4.75. The van der Waals surface area contributed by atoms with Crippen molar-refractivity contribution >= 4 is 17.8 Å². The minimum Gasteiger partial charge on any atom is -0.449 e. The highest BCUT2D eigenvalue weighted by Gasteiger charge is 2.39. The predicted octanol–water partition coefficient (Wildman–Crippen LogP) is 5.42. The number of nitrogens with one attached hydrogen (secondary N) is 1. The van der Waals surface area contributed by atoms with Gasteiger partial charge in [-0.3, -0.25) is 9.59 Å². The number of aliphatic hydroxyl groups excluding tert-OH is 1. The van der Waals surface area contributed by atoms with E-state index < -0.39 is 11.5 Å². The highest BCUT2D eigenvalue weighted by atomic mass is 16.3. The van der Waals surface area contributed by atoms with Crippen LogP contribution in [0.25, 0.3) is 6.08 Å². The Kier molecular flexibility index (Phi) is 9.63.